The van der Waals surface area contributed by atoms with Crippen molar-refractivity contribution in [2.45, 2.75) is 46.0 Å². The molecular formula is C17H30N4O. The molecular weight excluding hydrogens is 276 g/mol. The number of unbranched alkanes of at least 4 members (excludes halogenated alkanes) is 1. The Morgan fingerprint density at radius 2 is 2.00 bits per heavy atom. The van der Waals surface area contributed by atoms with Crippen LogP contribution in [0.3, 0.4) is 0 Å². The van der Waals surface area contributed by atoms with E-state index in [4.69, 9.17) is 4.74 Å². The summed E-state index contributed by atoms with van der Waals surface area (Å²) in [7, 11) is 1.65. The second-order valence-corrected chi connectivity index (χ2v) is 6.49. The normalized spacial score (nSPS) is 15.5. The van der Waals surface area contributed by atoms with Gasteiger partial charge in [0.25, 0.3) is 0 Å². The van der Waals surface area contributed by atoms with Gasteiger partial charge in [-0.05, 0) is 51.2 Å². The molecule has 5 nitrogen and oxygen atoms in total. The van der Waals surface area contributed by atoms with Crippen LogP contribution >= 0.6 is 0 Å². The fraction of sp³-hybridized carbons (Fsp3) is 0.765. The fourth-order valence-electron chi connectivity index (χ4n) is 2.81. The molecule has 2 heterocycles. The highest BCUT2D eigenvalue weighted by molar-refractivity contribution is 5.38. The van der Waals surface area contributed by atoms with Crippen molar-refractivity contribution in [1.82, 2.24) is 14.9 Å². The highest BCUT2D eigenvalue weighted by atomic mass is 16.5. The molecule has 0 spiro atoms. The first-order valence-corrected chi connectivity index (χ1v) is 8.55. The first kappa shape index (κ1) is 17.0. The van der Waals surface area contributed by atoms with Gasteiger partial charge in [-0.25, -0.2) is 4.98 Å². The maximum absolute atomic E-state index is 5.27. The van der Waals surface area contributed by atoms with Crippen molar-refractivity contribution in [2.24, 2.45) is 5.92 Å². The number of hydrogen-bond donors (Lipinski definition) is 1. The van der Waals surface area contributed by atoms with E-state index in [0.29, 0.717) is 11.8 Å². The van der Waals surface area contributed by atoms with E-state index in [0.717, 1.165) is 24.6 Å². The summed E-state index contributed by atoms with van der Waals surface area (Å²) < 4.78 is 5.27. The van der Waals surface area contributed by atoms with E-state index in [1.54, 1.807) is 7.11 Å². The summed E-state index contributed by atoms with van der Waals surface area (Å²) in [6.07, 6.45) is 6.03. The predicted octanol–water partition coefficient (Wildman–Crippen LogP) is 2.97. The lowest BCUT2D eigenvalue weighted by Gasteiger charge is -2.14. The van der Waals surface area contributed by atoms with Gasteiger partial charge >= 0.3 is 0 Å². The average Bonchev–Trinajstić information content (AvgIpc) is 2.99. The third kappa shape index (κ3) is 5.79. The molecule has 0 unspecified atom stereocenters. The molecule has 0 saturated carbocycles. The lowest BCUT2D eigenvalue weighted by atomic mass is 10.1. The topological polar surface area (TPSA) is 50.3 Å². The lowest BCUT2D eigenvalue weighted by molar-refractivity contribution is 0.331. The predicted molar refractivity (Wildman–Crippen MR) is 90.5 cm³/mol. The Hall–Kier alpha value is -1.36. The summed E-state index contributed by atoms with van der Waals surface area (Å²) in [5.74, 6) is 2.92. The minimum Gasteiger partial charge on any atom is -0.481 e. The van der Waals surface area contributed by atoms with Crippen LogP contribution < -0.4 is 10.1 Å². The third-order valence-electron chi connectivity index (χ3n) is 3.95. The maximum atomic E-state index is 5.27. The molecule has 0 atom stereocenters. The SMILES string of the molecule is COc1cc(NCCCCN2CCCC2)nc(CC(C)C)n1. The zero-order valence-electron chi connectivity index (χ0n) is 14.3. The van der Waals surface area contributed by atoms with Crippen molar-refractivity contribution in [3.63, 3.8) is 0 Å². The van der Waals surface area contributed by atoms with Gasteiger partial charge in [0.2, 0.25) is 5.88 Å². The smallest absolute Gasteiger partial charge is 0.218 e. The molecule has 1 aromatic rings. The Bertz CT molecular complexity index is 444. The van der Waals surface area contributed by atoms with Crippen molar-refractivity contribution < 1.29 is 4.74 Å². The maximum Gasteiger partial charge on any atom is 0.218 e. The molecule has 1 N–H and O–H groups in total. The lowest BCUT2D eigenvalue weighted by Crippen LogP contribution is -2.21. The van der Waals surface area contributed by atoms with Crippen molar-refractivity contribution in [3.8, 4) is 5.88 Å². The first-order chi connectivity index (χ1) is 10.7. The number of nitrogens with one attached hydrogen (secondary N) is 1. The molecule has 1 saturated heterocycles. The molecule has 0 bridgehead atoms. The minimum absolute atomic E-state index is 0.542. The van der Waals surface area contributed by atoms with Gasteiger partial charge in [-0.3, -0.25) is 0 Å². The van der Waals surface area contributed by atoms with E-state index in [1.165, 1.54) is 45.3 Å². The highest BCUT2D eigenvalue weighted by Crippen LogP contribution is 2.15. The average molecular weight is 306 g/mol. The van der Waals surface area contributed by atoms with Gasteiger partial charge in [0.1, 0.15) is 11.6 Å². The minimum atomic E-state index is 0.542. The van der Waals surface area contributed by atoms with Crippen LogP contribution in [0.5, 0.6) is 5.88 Å². The second kappa shape index (κ2) is 8.93. The molecule has 0 aromatic carbocycles. The zero-order valence-corrected chi connectivity index (χ0v) is 14.3. The van der Waals surface area contributed by atoms with Crippen molar-refractivity contribution in [1.29, 1.82) is 0 Å². The first-order valence-electron chi connectivity index (χ1n) is 8.55. The quantitative estimate of drug-likeness (QED) is 0.711. The van der Waals surface area contributed by atoms with E-state index in [2.05, 4.69) is 34.0 Å². The largest absolute Gasteiger partial charge is 0.481 e. The summed E-state index contributed by atoms with van der Waals surface area (Å²) in [6.45, 7) is 9.11. The van der Waals surface area contributed by atoms with Gasteiger partial charge in [0.05, 0.1) is 7.11 Å². The Balaban J connectivity index is 1.75. The van der Waals surface area contributed by atoms with Crippen LogP contribution in [0.2, 0.25) is 0 Å². The number of likely N-dealkylation sites (tertiary alicyclic amines) is 1. The van der Waals surface area contributed by atoms with Crippen LogP contribution in [0.4, 0.5) is 5.82 Å². The van der Waals surface area contributed by atoms with Crippen LogP contribution in [0.1, 0.15) is 45.4 Å². The highest BCUT2D eigenvalue weighted by Gasteiger charge is 2.10. The monoisotopic (exact) mass is 306 g/mol. The molecule has 124 valence electrons. The fourth-order valence-corrected chi connectivity index (χ4v) is 2.81. The molecule has 1 aliphatic heterocycles. The van der Waals surface area contributed by atoms with Gasteiger partial charge < -0.3 is 15.0 Å². The zero-order chi connectivity index (χ0) is 15.8. The van der Waals surface area contributed by atoms with Crippen LogP contribution in [-0.4, -0.2) is 48.2 Å². The molecule has 22 heavy (non-hydrogen) atoms. The number of aromatic nitrogens is 2. The van der Waals surface area contributed by atoms with E-state index in [-0.39, 0.29) is 0 Å². The second-order valence-electron chi connectivity index (χ2n) is 6.49. The number of nitrogens with zero attached hydrogens (tertiary/aromatic N) is 3. The van der Waals surface area contributed by atoms with Crippen LogP contribution in [0, 0.1) is 5.92 Å². The van der Waals surface area contributed by atoms with E-state index in [1.807, 2.05) is 6.07 Å². The molecule has 2 rings (SSSR count). The standard InChI is InChI=1S/C17H30N4O/c1-14(2)12-16-19-15(13-17(20-16)22-3)18-8-4-5-9-21-10-6-7-11-21/h13-14H,4-12H2,1-3H3,(H,18,19,20). The molecule has 0 amide bonds. The summed E-state index contributed by atoms with van der Waals surface area (Å²) in [6, 6.07) is 1.88. The molecule has 1 fully saturated rings. The Morgan fingerprint density at radius 1 is 1.23 bits per heavy atom. The summed E-state index contributed by atoms with van der Waals surface area (Å²) in [5, 5.41) is 3.41. The third-order valence-corrected chi connectivity index (χ3v) is 3.95. The van der Waals surface area contributed by atoms with Gasteiger partial charge in [0, 0.05) is 19.0 Å². The van der Waals surface area contributed by atoms with Crippen molar-refractivity contribution in [3.05, 3.63) is 11.9 Å². The van der Waals surface area contributed by atoms with E-state index in [9.17, 15) is 0 Å². The van der Waals surface area contributed by atoms with E-state index < -0.39 is 0 Å². The Morgan fingerprint density at radius 3 is 2.68 bits per heavy atom. The van der Waals surface area contributed by atoms with Gasteiger partial charge in [0.15, 0.2) is 0 Å². The number of methoxy groups -OCH3 is 1. The number of anilines is 1. The van der Waals surface area contributed by atoms with Crippen molar-refractivity contribution >= 4 is 5.82 Å². The number of ether oxygens (including phenoxy) is 1. The molecule has 0 radical (unpaired) electrons. The summed E-state index contributed by atoms with van der Waals surface area (Å²) in [5.41, 5.74) is 0. The summed E-state index contributed by atoms with van der Waals surface area (Å²) in [4.78, 5) is 11.6. The van der Waals surface area contributed by atoms with Crippen LogP contribution in [0.15, 0.2) is 6.07 Å². The van der Waals surface area contributed by atoms with Crippen LogP contribution in [-0.2, 0) is 6.42 Å². The molecule has 0 aliphatic carbocycles. The summed E-state index contributed by atoms with van der Waals surface area (Å²) >= 11 is 0. The van der Waals surface area contributed by atoms with Crippen molar-refractivity contribution in [2.75, 3.05) is 38.6 Å². The Labute approximate surface area is 134 Å². The molecule has 1 aliphatic rings. The van der Waals surface area contributed by atoms with Gasteiger partial charge in [-0.1, -0.05) is 13.8 Å². The van der Waals surface area contributed by atoms with Gasteiger partial charge in [-0.15, -0.1) is 0 Å². The van der Waals surface area contributed by atoms with Crippen LogP contribution in [0.25, 0.3) is 0 Å². The molecule has 1 aromatic heterocycles. The number of rotatable bonds is 9. The Kier molecular flexibility index (Phi) is 6.90. The number of hydrogen-bond acceptors (Lipinski definition) is 5. The van der Waals surface area contributed by atoms with E-state index >= 15 is 0 Å². The molecule has 5 heteroatoms. The van der Waals surface area contributed by atoms with Gasteiger partial charge in [-0.2, -0.15) is 4.98 Å².